The van der Waals surface area contributed by atoms with E-state index in [4.69, 9.17) is 5.73 Å². The smallest absolute Gasteiger partial charge is 0.256 e. The molecule has 2 aromatic rings. The molecule has 0 unspecified atom stereocenters. The molecule has 3 N–H and O–H groups in total. The molecule has 5 heteroatoms. The second-order valence-electron chi connectivity index (χ2n) is 4.64. The molecule has 0 saturated carbocycles. The number of nitrogen functional groups attached to an aromatic ring is 1. The molecule has 2 aromatic carbocycles. The first-order valence-electron chi connectivity index (χ1n) is 6.11. The van der Waals surface area contributed by atoms with Gasteiger partial charge in [-0.25, -0.2) is 0 Å². The Balaban J connectivity index is 2.23. The molecule has 4 nitrogen and oxygen atoms in total. The van der Waals surface area contributed by atoms with Crippen LogP contribution >= 0.6 is 15.9 Å². The Morgan fingerprint density at radius 1 is 1.20 bits per heavy atom. The predicted octanol–water partition coefficient (Wildman–Crippen LogP) is 3.35. The van der Waals surface area contributed by atoms with Gasteiger partial charge in [0.15, 0.2) is 0 Å². The van der Waals surface area contributed by atoms with Gasteiger partial charge >= 0.3 is 0 Å². The minimum Gasteiger partial charge on any atom is -0.399 e. The van der Waals surface area contributed by atoms with Crippen LogP contribution in [0.5, 0.6) is 0 Å². The molecule has 0 aliphatic heterocycles. The van der Waals surface area contributed by atoms with Crippen LogP contribution in [0.4, 0.5) is 17.1 Å². The Hall–Kier alpha value is -2.01. The van der Waals surface area contributed by atoms with Crippen molar-refractivity contribution in [2.24, 2.45) is 0 Å². The summed E-state index contributed by atoms with van der Waals surface area (Å²) in [5, 5.41) is 2.87. The number of halogens is 1. The third kappa shape index (κ3) is 3.30. The average Bonchev–Trinajstić information content (AvgIpc) is 2.41. The number of rotatable bonds is 3. The fraction of sp³-hybridized carbons (Fsp3) is 0.133. The zero-order valence-corrected chi connectivity index (χ0v) is 12.9. The highest BCUT2D eigenvalue weighted by molar-refractivity contribution is 9.10. The molecule has 0 aliphatic rings. The van der Waals surface area contributed by atoms with E-state index in [1.165, 1.54) is 0 Å². The molecule has 0 spiro atoms. The van der Waals surface area contributed by atoms with Gasteiger partial charge in [0.2, 0.25) is 0 Å². The maximum Gasteiger partial charge on any atom is 0.256 e. The van der Waals surface area contributed by atoms with Crippen molar-refractivity contribution in [2.75, 3.05) is 30.0 Å². The van der Waals surface area contributed by atoms with E-state index in [0.29, 0.717) is 15.7 Å². The minimum atomic E-state index is -0.194. The van der Waals surface area contributed by atoms with Crippen LogP contribution in [0.2, 0.25) is 0 Å². The van der Waals surface area contributed by atoms with Crippen LogP contribution in [-0.4, -0.2) is 20.0 Å². The Bertz CT molecular complexity index is 641. The first-order chi connectivity index (χ1) is 9.47. The number of benzene rings is 2. The molecule has 2 rings (SSSR count). The molecule has 0 saturated heterocycles. The highest BCUT2D eigenvalue weighted by Gasteiger charge is 2.11. The Kier molecular flexibility index (Phi) is 4.29. The number of nitrogens with two attached hydrogens (primary N) is 1. The van der Waals surface area contributed by atoms with E-state index in [1.54, 1.807) is 18.2 Å². The zero-order chi connectivity index (χ0) is 14.7. The van der Waals surface area contributed by atoms with Gasteiger partial charge in [-0.3, -0.25) is 4.79 Å². The standard InChI is InChI=1S/C15H16BrN3O/c1-19(2)12-5-3-4-11(9-12)18-15(20)13-8-10(17)6-7-14(13)16/h3-9H,17H2,1-2H3,(H,18,20). The molecule has 0 atom stereocenters. The molecule has 0 radical (unpaired) electrons. The predicted molar refractivity (Wildman–Crippen MR) is 87.3 cm³/mol. The number of hydrogen-bond donors (Lipinski definition) is 2. The van der Waals surface area contributed by atoms with Gasteiger partial charge in [-0.2, -0.15) is 0 Å². The van der Waals surface area contributed by atoms with Crippen molar-refractivity contribution in [1.29, 1.82) is 0 Å². The normalized spacial score (nSPS) is 10.2. The summed E-state index contributed by atoms with van der Waals surface area (Å²) in [6.45, 7) is 0. The highest BCUT2D eigenvalue weighted by Crippen LogP contribution is 2.22. The van der Waals surface area contributed by atoms with Crippen LogP contribution < -0.4 is 16.0 Å². The number of amides is 1. The molecule has 0 aliphatic carbocycles. The maximum atomic E-state index is 12.3. The average molecular weight is 334 g/mol. The molecule has 0 bridgehead atoms. The largest absolute Gasteiger partial charge is 0.399 e. The van der Waals surface area contributed by atoms with E-state index >= 15 is 0 Å². The summed E-state index contributed by atoms with van der Waals surface area (Å²) in [6.07, 6.45) is 0. The van der Waals surface area contributed by atoms with E-state index < -0.39 is 0 Å². The van der Waals surface area contributed by atoms with Crippen LogP contribution in [0.1, 0.15) is 10.4 Å². The molecule has 1 amide bonds. The van der Waals surface area contributed by atoms with Gasteiger partial charge in [0, 0.05) is 35.6 Å². The molecule has 20 heavy (non-hydrogen) atoms. The summed E-state index contributed by atoms with van der Waals surface area (Å²) in [7, 11) is 3.91. The van der Waals surface area contributed by atoms with Crippen LogP contribution in [0.15, 0.2) is 46.9 Å². The Morgan fingerprint density at radius 2 is 1.95 bits per heavy atom. The third-order valence-corrected chi connectivity index (χ3v) is 3.55. The maximum absolute atomic E-state index is 12.3. The van der Waals surface area contributed by atoms with Crippen molar-refractivity contribution in [1.82, 2.24) is 0 Å². The lowest BCUT2D eigenvalue weighted by Crippen LogP contribution is -2.14. The zero-order valence-electron chi connectivity index (χ0n) is 11.4. The van der Waals surface area contributed by atoms with E-state index in [0.717, 1.165) is 11.4 Å². The SMILES string of the molecule is CN(C)c1cccc(NC(=O)c2cc(N)ccc2Br)c1. The number of anilines is 3. The van der Waals surface area contributed by atoms with E-state index in [2.05, 4.69) is 21.2 Å². The number of carbonyl (C=O) groups is 1. The number of nitrogens with one attached hydrogen (secondary N) is 1. The van der Waals surface area contributed by atoms with Crippen molar-refractivity contribution in [3.05, 3.63) is 52.5 Å². The van der Waals surface area contributed by atoms with Gasteiger partial charge < -0.3 is 16.0 Å². The first kappa shape index (κ1) is 14.4. The summed E-state index contributed by atoms with van der Waals surface area (Å²) in [4.78, 5) is 14.2. The fourth-order valence-electron chi connectivity index (χ4n) is 1.78. The summed E-state index contributed by atoms with van der Waals surface area (Å²) in [5.74, 6) is -0.194. The lowest BCUT2D eigenvalue weighted by Gasteiger charge is -2.14. The van der Waals surface area contributed by atoms with Gasteiger partial charge in [0.25, 0.3) is 5.91 Å². The van der Waals surface area contributed by atoms with Gasteiger partial charge in [0.05, 0.1) is 5.56 Å². The molecule has 0 fully saturated rings. The van der Waals surface area contributed by atoms with Crippen molar-refractivity contribution in [2.45, 2.75) is 0 Å². The second-order valence-corrected chi connectivity index (χ2v) is 5.49. The lowest BCUT2D eigenvalue weighted by atomic mass is 10.2. The van der Waals surface area contributed by atoms with Crippen molar-refractivity contribution >= 4 is 38.9 Å². The molecule has 0 heterocycles. The highest BCUT2D eigenvalue weighted by atomic mass is 79.9. The Labute approximate surface area is 126 Å². The van der Waals surface area contributed by atoms with Crippen LogP contribution in [-0.2, 0) is 0 Å². The second kappa shape index (κ2) is 5.96. The van der Waals surface area contributed by atoms with Gasteiger partial charge in [-0.05, 0) is 52.3 Å². The molecule has 0 aromatic heterocycles. The van der Waals surface area contributed by atoms with Crippen molar-refractivity contribution < 1.29 is 4.79 Å². The fourth-order valence-corrected chi connectivity index (χ4v) is 2.20. The van der Waals surface area contributed by atoms with Gasteiger partial charge in [-0.15, -0.1) is 0 Å². The van der Waals surface area contributed by atoms with Crippen molar-refractivity contribution in [3.63, 3.8) is 0 Å². The number of nitrogens with zero attached hydrogens (tertiary/aromatic N) is 1. The molecule has 104 valence electrons. The minimum absolute atomic E-state index is 0.194. The Morgan fingerprint density at radius 3 is 2.65 bits per heavy atom. The summed E-state index contributed by atoms with van der Waals surface area (Å²) < 4.78 is 0.716. The van der Waals surface area contributed by atoms with Gasteiger partial charge in [0.1, 0.15) is 0 Å². The lowest BCUT2D eigenvalue weighted by molar-refractivity contribution is 0.102. The molecular formula is C15H16BrN3O. The quantitative estimate of drug-likeness (QED) is 0.847. The first-order valence-corrected chi connectivity index (χ1v) is 6.90. The van der Waals surface area contributed by atoms with Crippen LogP contribution in [0.25, 0.3) is 0 Å². The summed E-state index contributed by atoms with van der Waals surface area (Å²) in [6, 6.07) is 12.8. The van der Waals surface area contributed by atoms with Gasteiger partial charge in [-0.1, -0.05) is 6.07 Å². The van der Waals surface area contributed by atoms with Crippen molar-refractivity contribution in [3.8, 4) is 0 Å². The van der Waals surface area contributed by atoms with E-state index in [1.807, 2.05) is 43.3 Å². The third-order valence-electron chi connectivity index (χ3n) is 2.86. The van der Waals surface area contributed by atoms with E-state index in [9.17, 15) is 4.79 Å². The van der Waals surface area contributed by atoms with Crippen LogP contribution in [0.3, 0.4) is 0 Å². The molecular weight excluding hydrogens is 318 g/mol. The number of hydrogen-bond acceptors (Lipinski definition) is 3. The van der Waals surface area contributed by atoms with E-state index in [-0.39, 0.29) is 5.91 Å². The number of carbonyl (C=O) groups excluding carboxylic acids is 1. The monoisotopic (exact) mass is 333 g/mol. The summed E-state index contributed by atoms with van der Waals surface area (Å²) >= 11 is 3.36. The topological polar surface area (TPSA) is 58.4 Å². The summed E-state index contributed by atoms with van der Waals surface area (Å²) in [5.41, 5.74) is 8.55. The van der Waals surface area contributed by atoms with Crippen LogP contribution in [0, 0.1) is 0 Å².